The average molecular weight is 329 g/mol. The van der Waals surface area contributed by atoms with Crippen LogP contribution in [0.2, 0.25) is 0 Å². The normalized spacial score (nSPS) is 17.1. The second-order valence-electron chi connectivity index (χ2n) is 5.41. The van der Waals surface area contributed by atoms with Gasteiger partial charge in [0.1, 0.15) is 11.3 Å². The van der Waals surface area contributed by atoms with E-state index in [4.69, 9.17) is 0 Å². The number of H-pyrrole nitrogens is 1. The summed E-state index contributed by atoms with van der Waals surface area (Å²) in [5, 5.41) is 8.37. The van der Waals surface area contributed by atoms with E-state index in [2.05, 4.69) is 32.0 Å². The van der Waals surface area contributed by atoms with Crippen molar-refractivity contribution in [2.45, 2.75) is 12.5 Å². The summed E-state index contributed by atoms with van der Waals surface area (Å²) in [4.78, 5) is 32.2. The number of rotatable bonds is 3. The molecular weight excluding hydrogens is 314 g/mol. The van der Waals surface area contributed by atoms with Crippen LogP contribution < -0.4 is 16.3 Å². The molecule has 0 aliphatic carbocycles. The number of carbonyl (C=O) groups excluding carboxylic acids is 1. The Morgan fingerprint density at radius 2 is 2.43 bits per heavy atom. The Labute approximate surface area is 135 Å². The maximum atomic E-state index is 12.3. The predicted octanol–water partition coefficient (Wildman–Crippen LogP) is 0.701. The Morgan fingerprint density at radius 1 is 1.52 bits per heavy atom. The molecule has 3 aromatic rings. The molecule has 4 rings (SSSR count). The monoisotopic (exact) mass is 329 g/mol. The zero-order valence-electron chi connectivity index (χ0n) is 12.2. The van der Waals surface area contributed by atoms with Crippen LogP contribution in [0.4, 0.5) is 0 Å². The topological polar surface area (TPSA) is 91.3 Å². The molecule has 118 valence electrons. The van der Waals surface area contributed by atoms with Gasteiger partial charge in [-0.05, 0) is 23.4 Å². The van der Waals surface area contributed by atoms with Crippen molar-refractivity contribution < 1.29 is 4.79 Å². The van der Waals surface area contributed by atoms with Crippen molar-refractivity contribution >= 4 is 22.9 Å². The van der Waals surface area contributed by atoms with E-state index in [1.165, 1.54) is 21.0 Å². The highest BCUT2D eigenvalue weighted by Crippen LogP contribution is 2.26. The molecule has 0 bridgehead atoms. The highest BCUT2D eigenvalue weighted by Gasteiger charge is 2.21. The summed E-state index contributed by atoms with van der Waals surface area (Å²) in [6.07, 6.45) is 4.11. The predicted molar refractivity (Wildman–Crippen MR) is 86.9 cm³/mol. The van der Waals surface area contributed by atoms with Gasteiger partial charge < -0.3 is 15.6 Å². The highest BCUT2D eigenvalue weighted by molar-refractivity contribution is 7.10. The van der Waals surface area contributed by atoms with Crippen molar-refractivity contribution in [3.05, 3.63) is 56.5 Å². The van der Waals surface area contributed by atoms with Crippen molar-refractivity contribution in [2.75, 3.05) is 13.1 Å². The van der Waals surface area contributed by atoms with Crippen molar-refractivity contribution in [3.8, 4) is 0 Å². The van der Waals surface area contributed by atoms with E-state index >= 15 is 0 Å². The summed E-state index contributed by atoms with van der Waals surface area (Å²) in [6, 6.07) is 3.78. The third-order valence-corrected chi connectivity index (χ3v) is 5.01. The molecule has 0 saturated carbocycles. The van der Waals surface area contributed by atoms with Crippen LogP contribution in [-0.2, 0) is 6.42 Å². The zero-order valence-corrected chi connectivity index (χ0v) is 13.0. The SMILES string of the molecule is O=C(NCC1NCCc2sccc21)c1cc2nccn2c(=O)[nH]1. The van der Waals surface area contributed by atoms with Gasteiger partial charge in [0.15, 0.2) is 0 Å². The van der Waals surface area contributed by atoms with E-state index in [0.29, 0.717) is 12.2 Å². The lowest BCUT2D eigenvalue weighted by atomic mass is 10.0. The van der Waals surface area contributed by atoms with Crippen LogP contribution in [0.5, 0.6) is 0 Å². The molecule has 1 amide bonds. The molecule has 1 atom stereocenters. The van der Waals surface area contributed by atoms with Gasteiger partial charge in [0.2, 0.25) is 0 Å². The quantitative estimate of drug-likeness (QED) is 0.660. The highest BCUT2D eigenvalue weighted by atomic mass is 32.1. The second kappa shape index (κ2) is 5.64. The Kier molecular flexibility index (Phi) is 3.47. The number of fused-ring (bicyclic) bond motifs is 2. The number of imidazole rings is 1. The third-order valence-electron chi connectivity index (χ3n) is 4.01. The molecule has 1 unspecified atom stereocenters. The van der Waals surface area contributed by atoms with Gasteiger partial charge in [0.25, 0.3) is 5.91 Å². The fourth-order valence-electron chi connectivity index (χ4n) is 2.86. The number of aromatic amines is 1. The molecule has 0 fully saturated rings. The largest absolute Gasteiger partial charge is 0.349 e. The van der Waals surface area contributed by atoms with Crippen molar-refractivity contribution in [3.63, 3.8) is 0 Å². The van der Waals surface area contributed by atoms with Gasteiger partial charge >= 0.3 is 5.69 Å². The molecule has 4 heterocycles. The molecule has 7 nitrogen and oxygen atoms in total. The lowest BCUT2D eigenvalue weighted by molar-refractivity contribution is 0.0943. The van der Waals surface area contributed by atoms with Crippen molar-refractivity contribution in [1.82, 2.24) is 25.0 Å². The Balaban J connectivity index is 1.51. The molecule has 0 spiro atoms. The summed E-state index contributed by atoms with van der Waals surface area (Å²) in [6.45, 7) is 1.38. The number of amides is 1. The van der Waals surface area contributed by atoms with E-state index < -0.39 is 0 Å². The summed E-state index contributed by atoms with van der Waals surface area (Å²) in [7, 11) is 0. The van der Waals surface area contributed by atoms with Crippen LogP contribution in [-0.4, -0.2) is 33.4 Å². The summed E-state index contributed by atoms with van der Waals surface area (Å²) >= 11 is 1.75. The first-order chi connectivity index (χ1) is 11.2. The molecule has 0 aromatic carbocycles. The van der Waals surface area contributed by atoms with E-state index in [-0.39, 0.29) is 23.3 Å². The number of aromatic nitrogens is 3. The van der Waals surface area contributed by atoms with Crippen molar-refractivity contribution in [1.29, 1.82) is 0 Å². The Bertz CT molecular complexity index is 925. The number of hydrogen-bond acceptors (Lipinski definition) is 5. The minimum atomic E-state index is -0.374. The van der Waals surface area contributed by atoms with Gasteiger partial charge in [-0.15, -0.1) is 11.3 Å². The third kappa shape index (κ3) is 2.55. The lowest BCUT2D eigenvalue weighted by Gasteiger charge is -2.24. The number of nitrogens with zero attached hydrogens (tertiary/aromatic N) is 2. The lowest BCUT2D eigenvalue weighted by Crippen LogP contribution is -2.39. The molecule has 1 aliphatic rings. The first-order valence-electron chi connectivity index (χ1n) is 7.36. The van der Waals surface area contributed by atoms with Gasteiger partial charge in [-0.1, -0.05) is 0 Å². The van der Waals surface area contributed by atoms with Crippen LogP contribution in [0.25, 0.3) is 5.65 Å². The minimum absolute atomic E-state index is 0.107. The second-order valence-corrected chi connectivity index (χ2v) is 6.41. The molecular formula is C15H15N5O2S. The molecule has 8 heteroatoms. The summed E-state index contributed by atoms with van der Waals surface area (Å²) in [5.41, 5.74) is 1.55. The molecule has 0 radical (unpaired) electrons. The average Bonchev–Trinajstić information content (AvgIpc) is 3.21. The Morgan fingerprint density at radius 3 is 3.35 bits per heavy atom. The van der Waals surface area contributed by atoms with E-state index in [0.717, 1.165) is 13.0 Å². The van der Waals surface area contributed by atoms with E-state index in [9.17, 15) is 9.59 Å². The molecule has 23 heavy (non-hydrogen) atoms. The van der Waals surface area contributed by atoms with Crippen LogP contribution >= 0.6 is 11.3 Å². The zero-order chi connectivity index (χ0) is 15.8. The van der Waals surface area contributed by atoms with E-state index in [1.807, 2.05) is 0 Å². The number of nitrogens with one attached hydrogen (secondary N) is 3. The maximum absolute atomic E-state index is 12.3. The van der Waals surface area contributed by atoms with Crippen LogP contribution in [0, 0.1) is 0 Å². The fraction of sp³-hybridized carbons (Fsp3) is 0.267. The Hall–Kier alpha value is -2.45. The first-order valence-corrected chi connectivity index (χ1v) is 8.24. The van der Waals surface area contributed by atoms with Gasteiger partial charge in [0.05, 0.1) is 6.04 Å². The smallest absolute Gasteiger partial charge is 0.331 e. The number of thiophene rings is 1. The molecule has 3 aromatic heterocycles. The van der Waals surface area contributed by atoms with Gasteiger partial charge in [0, 0.05) is 36.4 Å². The van der Waals surface area contributed by atoms with E-state index in [1.54, 1.807) is 23.6 Å². The van der Waals surface area contributed by atoms with Crippen molar-refractivity contribution in [2.24, 2.45) is 0 Å². The number of hydrogen-bond donors (Lipinski definition) is 3. The van der Waals surface area contributed by atoms with Gasteiger partial charge in [-0.3, -0.25) is 9.20 Å². The summed E-state index contributed by atoms with van der Waals surface area (Å²) in [5.74, 6) is -0.309. The molecule has 3 N–H and O–H groups in total. The van der Waals surface area contributed by atoms with Gasteiger partial charge in [-0.2, -0.15) is 0 Å². The summed E-state index contributed by atoms with van der Waals surface area (Å²) < 4.78 is 1.36. The van der Waals surface area contributed by atoms with Gasteiger partial charge in [-0.25, -0.2) is 9.78 Å². The minimum Gasteiger partial charge on any atom is -0.349 e. The van der Waals surface area contributed by atoms with Crippen LogP contribution in [0.15, 0.2) is 34.7 Å². The van der Waals surface area contributed by atoms with Crippen LogP contribution in [0.3, 0.4) is 0 Å². The number of carbonyl (C=O) groups is 1. The fourth-order valence-corrected chi connectivity index (χ4v) is 3.81. The standard InChI is InChI=1S/C15H15N5O2S/c21-14(10-7-13-17-4-5-20(13)15(22)19-10)18-8-11-9-2-6-23-12(9)1-3-16-11/h2,4-7,11,16H,1,3,8H2,(H,18,21)(H,19,22). The molecule has 0 saturated heterocycles. The first kappa shape index (κ1) is 14.2. The molecule has 1 aliphatic heterocycles. The maximum Gasteiger partial charge on any atom is 0.331 e. The van der Waals surface area contributed by atoms with Crippen LogP contribution in [0.1, 0.15) is 27.0 Å².